The largest absolute Gasteiger partial charge is 0.459 e. The van der Waals surface area contributed by atoms with Gasteiger partial charge in [-0.1, -0.05) is 58.2 Å². The van der Waals surface area contributed by atoms with Gasteiger partial charge in [0.25, 0.3) is 0 Å². The van der Waals surface area contributed by atoms with Gasteiger partial charge in [-0.3, -0.25) is 4.79 Å². The fourth-order valence-electron chi connectivity index (χ4n) is 10.3. The molecule has 4 aliphatic rings. The van der Waals surface area contributed by atoms with Gasteiger partial charge < -0.3 is 58.8 Å². The molecule has 0 aromatic carbocycles. The third kappa shape index (κ3) is 12.6. The van der Waals surface area contributed by atoms with Crippen LogP contribution < -0.4 is 0 Å². The average Bonchev–Trinajstić information content (AvgIpc) is 3.19. The van der Waals surface area contributed by atoms with Crippen LogP contribution in [-0.4, -0.2) is 131 Å². The first kappa shape index (κ1) is 49.3. The van der Waals surface area contributed by atoms with E-state index in [2.05, 4.69) is 10.0 Å². The molecule has 17 nitrogen and oxygen atoms in total. The first-order chi connectivity index (χ1) is 29.8. The molecule has 4 fully saturated rings. The summed E-state index contributed by atoms with van der Waals surface area (Å²) < 4.78 is 54.6. The summed E-state index contributed by atoms with van der Waals surface area (Å²) in [6.45, 7) is 23.1. The second kappa shape index (κ2) is 21.4. The van der Waals surface area contributed by atoms with Gasteiger partial charge in [-0.15, -0.1) is 0 Å². The van der Waals surface area contributed by atoms with Gasteiger partial charge >= 0.3 is 5.97 Å². The Balaban J connectivity index is 1.93. The van der Waals surface area contributed by atoms with E-state index in [1.165, 1.54) is 6.92 Å². The molecule has 17 atom stereocenters. The number of rotatable bonds is 13. The third-order valence-electron chi connectivity index (χ3n) is 13.8. The van der Waals surface area contributed by atoms with Crippen LogP contribution in [0.1, 0.15) is 148 Å². The highest BCUT2D eigenvalue weighted by Gasteiger charge is 2.53. The summed E-state index contributed by atoms with van der Waals surface area (Å²) in [5, 5.41) is 56.3. The number of carbonyl (C=O) groups excluding carboxylic acids is 1. The Morgan fingerprint density at radius 1 is 0.935 bits per heavy atom. The smallest absolute Gasteiger partial charge is 0.311 e. The fraction of sp³-hybridized carbons (Fsp3) is 0.956. The van der Waals surface area contributed by atoms with Crippen LogP contribution in [0.15, 0.2) is 10.3 Å². The minimum absolute atomic E-state index is 0.0377. The molecule has 0 amide bonds. The van der Waals surface area contributed by atoms with Crippen molar-refractivity contribution < 1.29 is 63.6 Å². The Morgan fingerprint density at radius 3 is 2.21 bits per heavy atom. The van der Waals surface area contributed by atoms with E-state index in [1.807, 2.05) is 48.5 Å². The van der Waals surface area contributed by atoms with E-state index in [0.29, 0.717) is 25.0 Å². The second-order valence-corrected chi connectivity index (χ2v) is 20.5. The molecule has 4 rings (SSSR count). The topological polar surface area (TPSA) is 244 Å². The Labute approximate surface area is 372 Å². The molecular formula is C45H80N4O13. The van der Waals surface area contributed by atoms with E-state index in [4.69, 9.17) is 51.5 Å². The van der Waals surface area contributed by atoms with Crippen molar-refractivity contribution in [2.45, 2.75) is 232 Å². The van der Waals surface area contributed by atoms with Crippen molar-refractivity contribution in [2.24, 2.45) is 45.3 Å². The second-order valence-electron chi connectivity index (χ2n) is 20.5. The highest BCUT2D eigenvalue weighted by atomic mass is 16.8. The number of nitrogens with zero attached hydrogens (tertiary/aromatic N) is 4. The zero-order chi connectivity index (χ0) is 47.9. The van der Waals surface area contributed by atoms with Crippen molar-refractivity contribution >= 4 is 11.7 Å². The summed E-state index contributed by atoms with van der Waals surface area (Å²) in [4.78, 5) is 23.9. The summed E-state index contributed by atoms with van der Waals surface area (Å²) in [5.74, 6) is -5.59. The van der Waals surface area contributed by atoms with Gasteiger partial charge in [-0.2, -0.15) is 0 Å². The van der Waals surface area contributed by atoms with Crippen LogP contribution >= 0.6 is 0 Å². The van der Waals surface area contributed by atoms with Crippen molar-refractivity contribution in [3.8, 4) is 0 Å². The summed E-state index contributed by atoms with van der Waals surface area (Å²) in [6, 6.07) is 0. The Hall–Kier alpha value is -2.15. The number of carbonyl (C=O) groups is 1. The molecule has 0 aromatic rings. The van der Waals surface area contributed by atoms with Crippen molar-refractivity contribution in [1.82, 2.24) is 0 Å². The number of aliphatic hydroxyl groups excluding tert-OH is 3. The molecule has 0 aromatic heterocycles. The first-order valence-corrected chi connectivity index (χ1v) is 23.0. The Bertz CT molecular complexity index is 1580. The standard InChI is InChI=1S/C45H80N4O13/c1-24(2)61-45(18-15-14-16-19-45)62-48-34-26(4)22-43(12,54)39(60-41-35(50)25(3)21-27(5)56-41)29(7)36(59-33-23-42(10,11)38(52)31(9)57-33)30(8)40(53)58-32(17-20-47-49-46)44(13,55)37(51)28(34)6/h24-33,35-39,41,50-52,54-55H,14-23H2,1-13H3/b48-34+/t25?,26-,27?,28+,29+,30-,31?,32-,33?,35?,36+,37-,38?,39-,41?,43-,44-/m1/s1/i50T,52T. The molecule has 3 heterocycles. The summed E-state index contributed by atoms with van der Waals surface area (Å²) in [6.07, 6.45) is -5.18. The molecule has 0 bridgehead atoms. The fourth-order valence-corrected chi connectivity index (χ4v) is 10.3. The molecule has 1 aliphatic carbocycles. The quantitative estimate of drug-likeness (QED) is 0.0341. The molecule has 358 valence electrons. The highest BCUT2D eigenvalue weighted by molar-refractivity contribution is 5.88. The van der Waals surface area contributed by atoms with Crippen molar-refractivity contribution in [1.29, 1.82) is 2.86 Å². The monoisotopic (exact) mass is 889 g/mol. The SMILES string of the molecule is [3H]OC1C(C)CC(C)OC1O[C@@H]1[C@@H](C)[C@H](OC2CC(C)(C)C(O[3H])C(C)O2)[C@@H](C)C(=O)O[C@H](CCN=[N+]=[N-])[C@@](C)(O)[C@H](O)[C@@H](C)/C(=N/OC2(OC(C)C)CCCCC2)[C@H](C)C[C@@]1(C)O. The van der Waals surface area contributed by atoms with E-state index >= 15 is 0 Å². The molecule has 5 N–H and O–H groups in total. The van der Waals surface area contributed by atoms with Crippen LogP contribution in [0.2, 0.25) is 0 Å². The van der Waals surface area contributed by atoms with Crippen LogP contribution in [0.5, 0.6) is 0 Å². The van der Waals surface area contributed by atoms with E-state index in [1.54, 1.807) is 34.6 Å². The number of aliphatic hydroxyl groups is 5. The number of ether oxygens (including phenoxy) is 6. The zero-order valence-corrected chi connectivity index (χ0v) is 39.5. The molecule has 1 saturated carbocycles. The minimum atomic E-state index is -2.13. The van der Waals surface area contributed by atoms with Crippen molar-refractivity contribution in [3.63, 3.8) is 0 Å². The molecule has 3 saturated heterocycles. The van der Waals surface area contributed by atoms with Crippen LogP contribution in [0, 0.1) is 35.0 Å². The van der Waals surface area contributed by atoms with E-state index in [0.717, 1.165) is 19.3 Å². The average molecular weight is 889 g/mol. The number of hydrogen-bond donors (Lipinski definition) is 5. The molecule has 62 heavy (non-hydrogen) atoms. The lowest BCUT2D eigenvalue weighted by atomic mass is 9.73. The van der Waals surface area contributed by atoms with Gasteiger partial charge in [0.15, 0.2) is 12.6 Å². The van der Waals surface area contributed by atoms with Gasteiger partial charge in [0.05, 0.1) is 60.0 Å². The molecule has 0 spiro atoms. The number of azide groups is 1. The normalized spacial score (nSPS) is 44.6. The van der Waals surface area contributed by atoms with Crippen LogP contribution in [0.25, 0.3) is 10.4 Å². The number of esters is 1. The maximum Gasteiger partial charge on any atom is 0.311 e. The lowest BCUT2D eigenvalue weighted by molar-refractivity contribution is -0.312. The third-order valence-corrected chi connectivity index (χ3v) is 13.8. The summed E-state index contributed by atoms with van der Waals surface area (Å²) in [7, 11) is 0. The predicted molar refractivity (Wildman–Crippen MR) is 230 cm³/mol. The lowest BCUT2D eigenvalue weighted by Crippen LogP contribution is -2.59. The Morgan fingerprint density at radius 2 is 1.61 bits per heavy atom. The van der Waals surface area contributed by atoms with Crippen LogP contribution in [0.4, 0.5) is 0 Å². The number of oxime groups is 1. The predicted octanol–water partition coefficient (Wildman–Crippen LogP) is 6.29. The molecule has 3 aliphatic heterocycles. The highest BCUT2D eigenvalue weighted by Crippen LogP contribution is 2.43. The van der Waals surface area contributed by atoms with E-state index in [-0.39, 0.29) is 43.9 Å². The van der Waals surface area contributed by atoms with Crippen molar-refractivity contribution in [2.75, 3.05) is 6.54 Å². The van der Waals surface area contributed by atoms with Crippen LogP contribution in [-0.2, 0) is 38.1 Å². The maximum atomic E-state index is 14.6. The van der Waals surface area contributed by atoms with Gasteiger partial charge in [0, 0.05) is 48.5 Å². The van der Waals surface area contributed by atoms with Gasteiger partial charge in [-0.25, -0.2) is 0 Å². The van der Waals surface area contributed by atoms with Gasteiger partial charge in [0.2, 0.25) is 8.65 Å². The first-order valence-electron chi connectivity index (χ1n) is 23.8. The van der Waals surface area contributed by atoms with Gasteiger partial charge in [0.1, 0.15) is 17.8 Å². The minimum Gasteiger partial charge on any atom is -0.459 e. The molecule has 0 radical (unpaired) electrons. The van der Waals surface area contributed by atoms with Gasteiger partial charge in [-0.05, 0) is 97.4 Å². The van der Waals surface area contributed by atoms with E-state index in [9.17, 15) is 25.6 Å². The number of hydrogen-bond acceptors (Lipinski definition) is 15. The summed E-state index contributed by atoms with van der Waals surface area (Å²) >= 11 is 0. The Kier molecular flexibility index (Phi) is 17.0. The lowest BCUT2D eigenvalue weighted by Gasteiger charge is -2.48. The summed E-state index contributed by atoms with van der Waals surface area (Å²) in [5.41, 5.74) is 4.97. The molecular weight excluding hydrogens is 805 g/mol. The number of cyclic esters (lactones) is 1. The molecule has 7 unspecified atom stereocenters. The maximum absolute atomic E-state index is 14.6. The zero-order valence-electron chi connectivity index (χ0n) is 41.5. The van der Waals surface area contributed by atoms with Crippen molar-refractivity contribution in [3.05, 3.63) is 10.4 Å². The van der Waals surface area contributed by atoms with E-state index < -0.39 is 107 Å². The van der Waals surface area contributed by atoms with Crippen LogP contribution in [0.3, 0.4) is 0 Å². The molecule has 17 heteroatoms.